The van der Waals surface area contributed by atoms with Crippen molar-refractivity contribution in [2.45, 2.75) is 65.2 Å². The Balaban J connectivity index is 0. The van der Waals surface area contributed by atoms with Gasteiger partial charge in [-0.15, -0.1) is 0 Å². The van der Waals surface area contributed by atoms with Crippen LogP contribution >= 0.6 is 0 Å². The van der Waals surface area contributed by atoms with Crippen molar-refractivity contribution >= 4 is 6.29 Å². The van der Waals surface area contributed by atoms with Crippen molar-refractivity contribution in [3.63, 3.8) is 0 Å². The van der Waals surface area contributed by atoms with Gasteiger partial charge in [0.05, 0.1) is 6.61 Å². The SMILES string of the molecule is CCCCC/C=C/C=O.CCCCC/C=C/CO. The summed E-state index contributed by atoms with van der Waals surface area (Å²) in [5.41, 5.74) is 0. The maximum absolute atomic E-state index is 9.75. The van der Waals surface area contributed by atoms with E-state index in [1.165, 1.54) is 38.5 Å². The standard InChI is InChI=1S/C8H16O.C8H14O/c2*1-2-3-4-5-6-7-8-9/h6-7,9H,2-5,8H2,1H3;6-8H,2-5H2,1H3/b2*7-6+. The van der Waals surface area contributed by atoms with E-state index in [0.29, 0.717) is 0 Å². The van der Waals surface area contributed by atoms with Gasteiger partial charge in [0.2, 0.25) is 0 Å². The van der Waals surface area contributed by atoms with E-state index in [1.807, 2.05) is 12.2 Å². The molecule has 0 spiro atoms. The second-order valence-corrected chi connectivity index (χ2v) is 4.21. The molecule has 0 heterocycles. The molecule has 0 aliphatic carbocycles. The Morgan fingerprint density at radius 1 is 0.833 bits per heavy atom. The normalized spacial score (nSPS) is 10.6. The quantitative estimate of drug-likeness (QED) is 0.271. The van der Waals surface area contributed by atoms with E-state index < -0.39 is 0 Å². The number of aliphatic hydroxyl groups excluding tert-OH is 1. The first-order valence-corrected chi connectivity index (χ1v) is 7.19. The van der Waals surface area contributed by atoms with Crippen molar-refractivity contribution in [2.24, 2.45) is 0 Å². The Kier molecular flexibility index (Phi) is 23.1. The lowest BCUT2D eigenvalue weighted by Crippen LogP contribution is -1.73. The summed E-state index contributed by atoms with van der Waals surface area (Å²) in [7, 11) is 0. The van der Waals surface area contributed by atoms with Gasteiger partial charge in [0, 0.05) is 0 Å². The van der Waals surface area contributed by atoms with Crippen LogP contribution in [0.25, 0.3) is 0 Å². The van der Waals surface area contributed by atoms with Gasteiger partial charge in [0.1, 0.15) is 6.29 Å². The van der Waals surface area contributed by atoms with Crippen LogP contribution in [0.5, 0.6) is 0 Å². The lowest BCUT2D eigenvalue weighted by atomic mass is 10.2. The largest absolute Gasteiger partial charge is 0.392 e. The van der Waals surface area contributed by atoms with Gasteiger partial charge in [0.25, 0.3) is 0 Å². The fourth-order valence-corrected chi connectivity index (χ4v) is 1.37. The molecular formula is C16H30O2. The minimum Gasteiger partial charge on any atom is -0.392 e. The zero-order chi connectivity index (χ0) is 13.9. The molecule has 1 N–H and O–H groups in total. The van der Waals surface area contributed by atoms with Crippen LogP contribution in [-0.4, -0.2) is 18.0 Å². The molecular weight excluding hydrogens is 224 g/mol. The number of unbranched alkanes of at least 4 members (excludes halogenated alkanes) is 6. The van der Waals surface area contributed by atoms with Crippen LogP contribution in [-0.2, 0) is 4.79 Å². The minimum absolute atomic E-state index is 0.187. The molecule has 0 unspecified atom stereocenters. The Hall–Kier alpha value is -0.890. The van der Waals surface area contributed by atoms with E-state index >= 15 is 0 Å². The van der Waals surface area contributed by atoms with Crippen LogP contribution in [0.1, 0.15) is 65.2 Å². The second kappa shape index (κ2) is 21.4. The summed E-state index contributed by atoms with van der Waals surface area (Å²) >= 11 is 0. The highest BCUT2D eigenvalue weighted by Gasteiger charge is 1.80. The van der Waals surface area contributed by atoms with Crippen molar-refractivity contribution in [2.75, 3.05) is 6.61 Å². The fraction of sp³-hybridized carbons (Fsp3) is 0.688. The van der Waals surface area contributed by atoms with Gasteiger partial charge in [-0.2, -0.15) is 0 Å². The van der Waals surface area contributed by atoms with E-state index in [-0.39, 0.29) is 6.61 Å². The summed E-state index contributed by atoms with van der Waals surface area (Å²) in [5, 5.41) is 8.34. The Labute approximate surface area is 113 Å². The zero-order valence-electron chi connectivity index (χ0n) is 12.1. The van der Waals surface area contributed by atoms with E-state index in [4.69, 9.17) is 5.11 Å². The van der Waals surface area contributed by atoms with Crippen LogP contribution in [0, 0.1) is 0 Å². The molecule has 2 nitrogen and oxygen atoms in total. The van der Waals surface area contributed by atoms with E-state index in [1.54, 1.807) is 12.2 Å². The topological polar surface area (TPSA) is 37.3 Å². The molecule has 0 saturated heterocycles. The highest BCUT2D eigenvalue weighted by Crippen LogP contribution is 1.99. The number of allylic oxidation sites excluding steroid dienone is 3. The van der Waals surface area contributed by atoms with Gasteiger partial charge in [0.15, 0.2) is 0 Å². The maximum atomic E-state index is 9.75. The summed E-state index contributed by atoms with van der Waals surface area (Å²) in [6.07, 6.45) is 17.9. The molecule has 0 radical (unpaired) electrons. The molecule has 0 rings (SSSR count). The zero-order valence-corrected chi connectivity index (χ0v) is 12.1. The van der Waals surface area contributed by atoms with Crippen LogP contribution in [0.2, 0.25) is 0 Å². The van der Waals surface area contributed by atoms with Crippen LogP contribution in [0.4, 0.5) is 0 Å². The molecule has 0 fully saturated rings. The Morgan fingerprint density at radius 3 is 1.83 bits per heavy atom. The van der Waals surface area contributed by atoms with Gasteiger partial charge < -0.3 is 5.11 Å². The Bertz CT molecular complexity index is 195. The molecule has 18 heavy (non-hydrogen) atoms. The minimum atomic E-state index is 0.187. The summed E-state index contributed by atoms with van der Waals surface area (Å²) in [5.74, 6) is 0. The first kappa shape index (κ1) is 19.4. The third kappa shape index (κ3) is 24.4. The summed E-state index contributed by atoms with van der Waals surface area (Å²) < 4.78 is 0. The highest BCUT2D eigenvalue weighted by molar-refractivity contribution is 5.64. The molecule has 0 aromatic rings. The number of hydrogen-bond acceptors (Lipinski definition) is 2. The number of hydrogen-bond donors (Lipinski definition) is 1. The lowest BCUT2D eigenvalue weighted by Gasteiger charge is -1.89. The van der Waals surface area contributed by atoms with Crippen LogP contribution in [0.15, 0.2) is 24.3 Å². The number of carbonyl (C=O) groups is 1. The van der Waals surface area contributed by atoms with E-state index in [9.17, 15) is 4.79 Å². The van der Waals surface area contributed by atoms with Crippen molar-refractivity contribution < 1.29 is 9.90 Å². The van der Waals surface area contributed by atoms with Gasteiger partial charge in [-0.1, -0.05) is 57.8 Å². The molecule has 0 saturated carbocycles. The number of aldehydes is 1. The smallest absolute Gasteiger partial charge is 0.142 e. The van der Waals surface area contributed by atoms with Crippen molar-refractivity contribution in [3.05, 3.63) is 24.3 Å². The van der Waals surface area contributed by atoms with E-state index in [0.717, 1.165) is 19.1 Å². The predicted octanol–water partition coefficient (Wildman–Crippen LogP) is 4.44. The van der Waals surface area contributed by atoms with Gasteiger partial charge in [-0.3, -0.25) is 4.79 Å². The third-order valence-corrected chi connectivity index (χ3v) is 2.44. The number of rotatable bonds is 10. The van der Waals surface area contributed by atoms with Crippen LogP contribution in [0.3, 0.4) is 0 Å². The number of carbonyl (C=O) groups excluding carboxylic acids is 1. The molecule has 2 heteroatoms. The van der Waals surface area contributed by atoms with Crippen molar-refractivity contribution in [1.82, 2.24) is 0 Å². The summed E-state index contributed by atoms with van der Waals surface area (Å²) in [6.45, 7) is 4.55. The summed E-state index contributed by atoms with van der Waals surface area (Å²) in [4.78, 5) is 9.75. The average Bonchev–Trinajstić information content (AvgIpc) is 2.39. The van der Waals surface area contributed by atoms with Crippen molar-refractivity contribution in [3.8, 4) is 0 Å². The first-order valence-electron chi connectivity index (χ1n) is 7.19. The fourth-order valence-electron chi connectivity index (χ4n) is 1.37. The third-order valence-electron chi connectivity index (χ3n) is 2.44. The molecule has 0 bridgehead atoms. The monoisotopic (exact) mass is 254 g/mol. The highest BCUT2D eigenvalue weighted by atomic mass is 16.2. The molecule has 106 valence electrons. The van der Waals surface area contributed by atoms with Gasteiger partial charge in [-0.25, -0.2) is 0 Å². The predicted molar refractivity (Wildman–Crippen MR) is 79.7 cm³/mol. The molecule has 0 atom stereocenters. The number of aliphatic hydroxyl groups is 1. The van der Waals surface area contributed by atoms with Crippen molar-refractivity contribution in [1.29, 1.82) is 0 Å². The van der Waals surface area contributed by atoms with Crippen LogP contribution < -0.4 is 0 Å². The van der Waals surface area contributed by atoms with E-state index in [2.05, 4.69) is 13.8 Å². The Morgan fingerprint density at radius 2 is 1.39 bits per heavy atom. The molecule has 0 aliphatic rings. The van der Waals surface area contributed by atoms with Gasteiger partial charge in [-0.05, 0) is 31.8 Å². The molecule has 0 aromatic carbocycles. The second-order valence-electron chi connectivity index (χ2n) is 4.21. The molecule has 0 aliphatic heterocycles. The average molecular weight is 254 g/mol. The summed E-state index contributed by atoms with van der Waals surface area (Å²) in [6, 6.07) is 0. The van der Waals surface area contributed by atoms with Gasteiger partial charge >= 0.3 is 0 Å². The molecule has 0 aromatic heterocycles. The molecule has 0 amide bonds. The maximum Gasteiger partial charge on any atom is 0.142 e. The lowest BCUT2D eigenvalue weighted by molar-refractivity contribution is -0.104. The first-order chi connectivity index (χ1) is 8.83.